The van der Waals surface area contributed by atoms with Crippen LogP contribution in [0.2, 0.25) is 0 Å². The largest absolute Gasteiger partial charge is 0.373 e. The van der Waals surface area contributed by atoms with E-state index in [-0.39, 0.29) is 23.6 Å². The fourth-order valence-corrected chi connectivity index (χ4v) is 2.85. The van der Waals surface area contributed by atoms with Crippen molar-refractivity contribution in [2.75, 3.05) is 32.6 Å². The lowest BCUT2D eigenvalue weighted by molar-refractivity contribution is -0.0660. The zero-order valence-electron chi connectivity index (χ0n) is 12.3. The minimum atomic E-state index is -3.48. The van der Waals surface area contributed by atoms with E-state index in [4.69, 9.17) is 4.74 Å². The molecule has 0 aromatic heterocycles. The van der Waals surface area contributed by atoms with E-state index in [0.29, 0.717) is 5.56 Å². The summed E-state index contributed by atoms with van der Waals surface area (Å²) in [4.78, 5) is 13.5. The van der Waals surface area contributed by atoms with Crippen molar-refractivity contribution >= 4 is 15.7 Å². The van der Waals surface area contributed by atoms with Crippen molar-refractivity contribution in [3.8, 4) is 0 Å². The zero-order valence-corrected chi connectivity index (χ0v) is 13.1. The number of aryl methyl sites for hydroxylation is 1. The van der Waals surface area contributed by atoms with E-state index < -0.39 is 34.8 Å². The number of amides is 1. The fraction of sp³-hybridized carbons (Fsp3) is 0.500. The summed E-state index contributed by atoms with van der Waals surface area (Å²) in [5.41, 5.74) is 0.645. The molecule has 1 heterocycles. The number of alkyl halides is 2. The highest BCUT2D eigenvalue weighted by Crippen LogP contribution is 2.22. The van der Waals surface area contributed by atoms with Crippen LogP contribution in [0.3, 0.4) is 0 Å². The first-order valence-corrected chi connectivity index (χ1v) is 8.55. The van der Waals surface area contributed by atoms with Gasteiger partial charge in [-0.05, 0) is 24.6 Å². The van der Waals surface area contributed by atoms with Crippen molar-refractivity contribution in [3.63, 3.8) is 0 Å². The topological polar surface area (TPSA) is 63.7 Å². The number of hydrogen-bond acceptors (Lipinski definition) is 4. The lowest BCUT2D eigenvalue weighted by atomic mass is 10.1. The Morgan fingerprint density at radius 2 is 2.05 bits per heavy atom. The number of carbonyl (C=O) groups is 1. The molecular formula is C14H17F2NO4S. The first-order valence-electron chi connectivity index (χ1n) is 6.66. The fourth-order valence-electron chi connectivity index (χ4n) is 2.21. The molecule has 0 spiro atoms. The van der Waals surface area contributed by atoms with Gasteiger partial charge in [-0.3, -0.25) is 4.79 Å². The summed E-state index contributed by atoms with van der Waals surface area (Å²) in [6, 6.07) is 4.12. The van der Waals surface area contributed by atoms with Gasteiger partial charge in [0.25, 0.3) is 11.8 Å². The van der Waals surface area contributed by atoms with Crippen LogP contribution in [0.5, 0.6) is 0 Å². The molecule has 1 saturated heterocycles. The lowest BCUT2D eigenvalue weighted by Crippen LogP contribution is -2.41. The van der Waals surface area contributed by atoms with Crippen LogP contribution in [0.4, 0.5) is 8.78 Å². The Morgan fingerprint density at radius 3 is 2.68 bits per heavy atom. The van der Waals surface area contributed by atoms with Crippen LogP contribution in [0.1, 0.15) is 15.9 Å². The molecule has 1 amide bonds. The lowest BCUT2D eigenvalue weighted by Gasteiger charge is -2.24. The third kappa shape index (κ3) is 3.80. The van der Waals surface area contributed by atoms with E-state index in [9.17, 15) is 22.0 Å². The summed E-state index contributed by atoms with van der Waals surface area (Å²) in [7, 11) is -3.48. The van der Waals surface area contributed by atoms with Crippen LogP contribution >= 0.6 is 0 Å². The summed E-state index contributed by atoms with van der Waals surface area (Å²) in [5, 5.41) is 0. The second kappa shape index (κ2) is 5.92. The smallest absolute Gasteiger partial charge is 0.288 e. The first kappa shape index (κ1) is 16.8. The molecule has 8 heteroatoms. The minimum Gasteiger partial charge on any atom is -0.373 e. The van der Waals surface area contributed by atoms with Crippen molar-refractivity contribution < 1.29 is 26.7 Å². The van der Waals surface area contributed by atoms with Crippen molar-refractivity contribution in [2.24, 2.45) is 0 Å². The number of hydrogen-bond donors (Lipinski definition) is 0. The molecule has 0 saturated carbocycles. The van der Waals surface area contributed by atoms with Gasteiger partial charge in [0.2, 0.25) is 0 Å². The first-order chi connectivity index (χ1) is 10.1. The van der Waals surface area contributed by atoms with Gasteiger partial charge in [0, 0.05) is 18.4 Å². The molecule has 122 valence electrons. The Hall–Kier alpha value is -1.54. The highest BCUT2D eigenvalue weighted by molar-refractivity contribution is 7.90. The Labute approximate surface area is 127 Å². The van der Waals surface area contributed by atoms with E-state index in [2.05, 4.69) is 0 Å². The third-order valence-electron chi connectivity index (χ3n) is 3.40. The predicted molar refractivity (Wildman–Crippen MR) is 76.0 cm³/mol. The highest BCUT2D eigenvalue weighted by atomic mass is 32.2. The maximum absolute atomic E-state index is 13.5. The van der Waals surface area contributed by atoms with Crippen molar-refractivity contribution in [1.29, 1.82) is 0 Å². The molecular weight excluding hydrogens is 316 g/mol. The Balaban J connectivity index is 2.36. The number of sulfone groups is 1. The minimum absolute atomic E-state index is 0.0146. The van der Waals surface area contributed by atoms with Gasteiger partial charge >= 0.3 is 0 Å². The summed E-state index contributed by atoms with van der Waals surface area (Å²) in [6.07, 6.45) is 1.03. The molecule has 0 aliphatic carbocycles. The van der Waals surface area contributed by atoms with Gasteiger partial charge in [0.1, 0.15) is 6.61 Å². The molecule has 0 bridgehead atoms. The zero-order chi connectivity index (χ0) is 16.5. The number of benzene rings is 1. The van der Waals surface area contributed by atoms with Gasteiger partial charge < -0.3 is 9.64 Å². The van der Waals surface area contributed by atoms with Crippen LogP contribution in [0.15, 0.2) is 23.1 Å². The van der Waals surface area contributed by atoms with Crippen molar-refractivity contribution in [3.05, 3.63) is 29.3 Å². The van der Waals surface area contributed by atoms with Crippen LogP contribution in [-0.2, 0) is 14.6 Å². The molecule has 22 heavy (non-hydrogen) atoms. The second-order valence-electron chi connectivity index (χ2n) is 5.38. The summed E-state index contributed by atoms with van der Waals surface area (Å²) in [6.45, 7) is 0.225. The number of nitrogens with zero attached hydrogens (tertiary/aromatic N) is 1. The highest BCUT2D eigenvalue weighted by Gasteiger charge is 2.36. The maximum atomic E-state index is 13.5. The van der Waals surface area contributed by atoms with E-state index in [1.165, 1.54) is 18.2 Å². The summed E-state index contributed by atoms with van der Waals surface area (Å²) in [5.74, 6) is -3.73. The molecule has 1 aliphatic rings. The van der Waals surface area contributed by atoms with E-state index in [1.54, 1.807) is 6.92 Å². The van der Waals surface area contributed by atoms with Crippen LogP contribution < -0.4 is 0 Å². The van der Waals surface area contributed by atoms with Gasteiger partial charge in [0.05, 0.1) is 18.0 Å². The van der Waals surface area contributed by atoms with Gasteiger partial charge in [-0.1, -0.05) is 6.07 Å². The number of carbonyl (C=O) groups excluding carboxylic acids is 1. The van der Waals surface area contributed by atoms with E-state index in [0.717, 1.165) is 11.2 Å². The molecule has 0 unspecified atom stereocenters. The van der Waals surface area contributed by atoms with Gasteiger partial charge in [-0.2, -0.15) is 0 Å². The Bertz CT molecular complexity index is 688. The molecule has 1 aromatic carbocycles. The molecule has 0 radical (unpaired) electrons. The third-order valence-corrected chi connectivity index (χ3v) is 4.51. The van der Waals surface area contributed by atoms with Crippen LogP contribution in [0.25, 0.3) is 0 Å². The van der Waals surface area contributed by atoms with E-state index >= 15 is 0 Å². The summed E-state index contributed by atoms with van der Waals surface area (Å²) < 4.78 is 55.1. The molecule has 1 aliphatic heterocycles. The Kier molecular flexibility index (Phi) is 4.53. The van der Waals surface area contributed by atoms with Crippen molar-refractivity contribution in [2.45, 2.75) is 17.7 Å². The second-order valence-corrected chi connectivity index (χ2v) is 7.40. The number of rotatable bonds is 2. The van der Waals surface area contributed by atoms with Gasteiger partial charge in [0.15, 0.2) is 9.84 Å². The number of ether oxygens (including phenoxy) is 1. The normalized spacial score (nSPS) is 18.8. The van der Waals surface area contributed by atoms with Crippen LogP contribution in [0, 0.1) is 6.92 Å². The standard InChI is InChI=1S/C14H17F2NO4S/c1-10-3-4-11(22(2,19)20)7-12(10)13(18)17-5-6-21-9-14(15,16)8-17/h3-4,7H,5-6,8-9H2,1-2H3. The molecule has 5 nitrogen and oxygen atoms in total. The maximum Gasteiger partial charge on any atom is 0.288 e. The SMILES string of the molecule is Cc1ccc(S(C)(=O)=O)cc1C(=O)N1CCOCC(F)(F)C1. The monoisotopic (exact) mass is 333 g/mol. The molecule has 0 N–H and O–H groups in total. The molecule has 1 aromatic rings. The molecule has 0 atom stereocenters. The molecule has 2 rings (SSSR count). The van der Waals surface area contributed by atoms with Crippen molar-refractivity contribution in [1.82, 2.24) is 4.90 Å². The Morgan fingerprint density at radius 1 is 1.36 bits per heavy atom. The van der Waals surface area contributed by atoms with Gasteiger partial charge in [-0.15, -0.1) is 0 Å². The number of halogens is 2. The average Bonchev–Trinajstić information content (AvgIpc) is 2.58. The predicted octanol–water partition coefficient (Wildman–Crippen LogP) is 1.51. The van der Waals surface area contributed by atoms with E-state index in [1.807, 2.05) is 0 Å². The molecule has 1 fully saturated rings. The van der Waals surface area contributed by atoms with Gasteiger partial charge in [-0.25, -0.2) is 17.2 Å². The summed E-state index contributed by atoms with van der Waals surface area (Å²) >= 11 is 0. The quantitative estimate of drug-likeness (QED) is 0.823. The average molecular weight is 333 g/mol. The van der Waals surface area contributed by atoms with Crippen LogP contribution in [-0.4, -0.2) is 57.7 Å².